The number of aliphatic carboxylic acids is 1. The molecular formula is C41H67NO5. The molecule has 0 heterocycles. The van der Waals surface area contributed by atoms with E-state index in [9.17, 15) is 19.5 Å². The van der Waals surface area contributed by atoms with Crippen LogP contribution in [0.25, 0.3) is 0 Å². The van der Waals surface area contributed by atoms with Gasteiger partial charge in [0.1, 0.15) is 6.10 Å². The van der Waals surface area contributed by atoms with Crippen LogP contribution in [0.5, 0.6) is 0 Å². The van der Waals surface area contributed by atoms with E-state index in [2.05, 4.69) is 62.0 Å². The summed E-state index contributed by atoms with van der Waals surface area (Å²) in [5.74, 6) is 1.61. The summed E-state index contributed by atoms with van der Waals surface area (Å²) in [5.41, 5.74) is 0.645. The molecule has 10 atom stereocenters. The lowest BCUT2D eigenvalue weighted by Gasteiger charge is -2.73. The summed E-state index contributed by atoms with van der Waals surface area (Å²) in [6.07, 6.45) is 11.7. The van der Waals surface area contributed by atoms with Gasteiger partial charge >= 0.3 is 11.9 Å². The molecule has 5 aliphatic carbocycles. The van der Waals surface area contributed by atoms with Crippen LogP contribution in [0.15, 0.2) is 12.2 Å². The van der Waals surface area contributed by atoms with E-state index in [0.29, 0.717) is 41.9 Å². The first-order chi connectivity index (χ1) is 21.6. The first kappa shape index (κ1) is 36.4. The number of allylic oxidation sites excluding steroid dienone is 1. The van der Waals surface area contributed by atoms with Crippen molar-refractivity contribution in [1.29, 1.82) is 0 Å². The molecule has 6 heteroatoms. The van der Waals surface area contributed by atoms with E-state index in [0.717, 1.165) is 32.1 Å². The van der Waals surface area contributed by atoms with Crippen molar-refractivity contribution in [1.82, 2.24) is 4.90 Å². The lowest BCUT2D eigenvalue weighted by Crippen LogP contribution is -2.67. The number of carbonyl (C=O) groups is 3. The second-order valence-corrected chi connectivity index (χ2v) is 19.5. The lowest BCUT2D eigenvalue weighted by molar-refractivity contribution is -0.250. The summed E-state index contributed by atoms with van der Waals surface area (Å²) in [6, 6.07) is 0.217. The summed E-state index contributed by atoms with van der Waals surface area (Å²) in [5, 5.41) is 9.58. The van der Waals surface area contributed by atoms with Crippen LogP contribution in [0.3, 0.4) is 0 Å². The van der Waals surface area contributed by atoms with Crippen molar-refractivity contribution in [3.8, 4) is 0 Å². The fourth-order valence-corrected chi connectivity index (χ4v) is 13.1. The van der Waals surface area contributed by atoms with Gasteiger partial charge in [-0.15, -0.1) is 0 Å². The SMILES string of the molecule is C=C(C)[C@@H]1CC[C@]2(CC(=O)N(C)C(C)C)CC[C@]3(C)[C@H](CC[C@@H]4[C@@]5(C)CC[C@H](OC(=O)CC(C)(C)C(=O)O)C(C)(C)[C@@H]5CC[C@]43C)[C@@H]12. The van der Waals surface area contributed by atoms with E-state index in [4.69, 9.17) is 4.74 Å². The molecule has 0 radical (unpaired) electrons. The number of fused-ring (bicyclic) bond motifs is 7. The molecule has 0 unspecified atom stereocenters. The van der Waals surface area contributed by atoms with E-state index in [-0.39, 0.29) is 51.6 Å². The van der Waals surface area contributed by atoms with Crippen LogP contribution in [0.1, 0.15) is 146 Å². The Kier molecular flexibility index (Phi) is 9.22. The summed E-state index contributed by atoms with van der Waals surface area (Å²) < 4.78 is 6.17. The van der Waals surface area contributed by atoms with Crippen molar-refractivity contribution in [2.24, 2.45) is 62.1 Å². The molecule has 47 heavy (non-hydrogen) atoms. The van der Waals surface area contributed by atoms with E-state index in [1.165, 1.54) is 37.7 Å². The lowest BCUT2D eigenvalue weighted by atomic mass is 9.32. The number of esters is 1. The van der Waals surface area contributed by atoms with Gasteiger partial charge in [0.05, 0.1) is 11.8 Å². The molecule has 5 aliphatic rings. The van der Waals surface area contributed by atoms with Gasteiger partial charge in [-0.1, -0.05) is 46.8 Å². The normalized spacial score (nSPS) is 42.4. The highest BCUT2D eigenvalue weighted by atomic mass is 16.5. The molecule has 0 aromatic carbocycles. The summed E-state index contributed by atoms with van der Waals surface area (Å²) in [6.45, 7) is 26.7. The number of hydrogen-bond donors (Lipinski definition) is 1. The summed E-state index contributed by atoms with van der Waals surface area (Å²) in [7, 11) is 1.98. The number of rotatable bonds is 8. The smallest absolute Gasteiger partial charge is 0.309 e. The Morgan fingerprint density at radius 3 is 2.15 bits per heavy atom. The zero-order valence-corrected chi connectivity index (χ0v) is 31.8. The molecule has 5 saturated carbocycles. The molecule has 0 saturated heterocycles. The zero-order chi connectivity index (χ0) is 35.1. The van der Waals surface area contributed by atoms with Crippen molar-refractivity contribution in [2.45, 2.75) is 158 Å². The van der Waals surface area contributed by atoms with Crippen LogP contribution in [0.2, 0.25) is 0 Å². The van der Waals surface area contributed by atoms with Gasteiger partial charge in [-0.25, -0.2) is 0 Å². The molecule has 1 N–H and O–H groups in total. The summed E-state index contributed by atoms with van der Waals surface area (Å²) >= 11 is 0. The Morgan fingerprint density at radius 1 is 0.894 bits per heavy atom. The van der Waals surface area contributed by atoms with Crippen molar-refractivity contribution in [3.05, 3.63) is 12.2 Å². The highest BCUT2D eigenvalue weighted by molar-refractivity contribution is 5.81. The Balaban J connectivity index is 1.42. The molecule has 0 bridgehead atoms. The number of carboxylic acid groups (broad SMARTS) is 1. The molecule has 6 nitrogen and oxygen atoms in total. The predicted octanol–water partition coefficient (Wildman–Crippen LogP) is 9.31. The van der Waals surface area contributed by atoms with E-state index >= 15 is 0 Å². The quantitative estimate of drug-likeness (QED) is 0.209. The van der Waals surface area contributed by atoms with Crippen LogP contribution in [0.4, 0.5) is 0 Å². The van der Waals surface area contributed by atoms with Crippen LogP contribution >= 0.6 is 0 Å². The first-order valence-electron chi connectivity index (χ1n) is 18.9. The minimum Gasteiger partial charge on any atom is -0.481 e. The molecule has 0 spiro atoms. The van der Waals surface area contributed by atoms with Gasteiger partial charge < -0.3 is 14.7 Å². The minimum atomic E-state index is -1.14. The monoisotopic (exact) mass is 654 g/mol. The molecule has 0 aromatic rings. The van der Waals surface area contributed by atoms with Gasteiger partial charge in [-0.05, 0) is 150 Å². The highest BCUT2D eigenvalue weighted by Gasteiger charge is 2.71. The number of carbonyl (C=O) groups excluding carboxylic acids is 2. The highest BCUT2D eigenvalue weighted by Crippen LogP contribution is 2.78. The van der Waals surface area contributed by atoms with Crippen molar-refractivity contribution in [2.75, 3.05) is 7.05 Å². The number of ether oxygens (including phenoxy) is 1. The van der Waals surface area contributed by atoms with Gasteiger partial charge in [0.2, 0.25) is 5.91 Å². The van der Waals surface area contributed by atoms with Crippen LogP contribution in [-0.2, 0) is 19.1 Å². The maximum Gasteiger partial charge on any atom is 0.309 e. The van der Waals surface area contributed by atoms with E-state index in [1.54, 1.807) is 13.8 Å². The number of amides is 1. The molecular weight excluding hydrogens is 586 g/mol. The third-order valence-corrected chi connectivity index (χ3v) is 16.3. The summed E-state index contributed by atoms with van der Waals surface area (Å²) in [4.78, 5) is 40.4. The topological polar surface area (TPSA) is 83.9 Å². The van der Waals surface area contributed by atoms with Crippen molar-refractivity contribution in [3.63, 3.8) is 0 Å². The third kappa shape index (κ3) is 5.53. The molecule has 266 valence electrons. The largest absolute Gasteiger partial charge is 0.481 e. The molecule has 0 aromatic heterocycles. The number of carboxylic acids is 1. The van der Waals surface area contributed by atoms with Gasteiger partial charge in [-0.2, -0.15) is 0 Å². The maximum absolute atomic E-state index is 13.7. The standard InChI is InChI=1S/C41H67NO5/c1-25(2)27-15-20-41(23-32(43)42(12)26(3)4)22-21-39(10)28(34(27)41)13-14-30-38(9)18-17-31(47-33(44)24-36(5,6)35(45)46)37(7,8)29(38)16-19-40(30,39)11/h26-31,34H,1,13-24H2,2-12H3,(H,45,46)/t27-,28+,29-,30+,31-,34+,38-,39+,40+,41+/m0/s1. The fraction of sp³-hybridized carbons (Fsp3) is 0.878. The Bertz CT molecular complexity index is 1280. The molecule has 5 rings (SSSR count). The Hall–Kier alpha value is -1.85. The maximum atomic E-state index is 13.7. The van der Waals surface area contributed by atoms with Gasteiger partial charge in [0.25, 0.3) is 0 Å². The van der Waals surface area contributed by atoms with E-state index < -0.39 is 11.4 Å². The molecule has 1 amide bonds. The van der Waals surface area contributed by atoms with E-state index in [1.807, 2.05) is 11.9 Å². The zero-order valence-electron chi connectivity index (χ0n) is 31.8. The van der Waals surface area contributed by atoms with Crippen molar-refractivity contribution < 1.29 is 24.2 Å². The Morgan fingerprint density at radius 2 is 1.55 bits per heavy atom. The first-order valence-corrected chi connectivity index (χ1v) is 18.9. The number of nitrogens with zero attached hydrogens (tertiary/aromatic N) is 1. The second-order valence-electron chi connectivity index (χ2n) is 19.5. The van der Waals surface area contributed by atoms with Crippen LogP contribution in [0, 0.1) is 62.1 Å². The second kappa shape index (κ2) is 11.9. The molecule has 0 aliphatic heterocycles. The average molecular weight is 654 g/mol. The number of hydrogen-bond acceptors (Lipinski definition) is 4. The minimum absolute atomic E-state index is 0.0808. The van der Waals surface area contributed by atoms with Crippen LogP contribution in [-0.4, -0.2) is 47.0 Å². The van der Waals surface area contributed by atoms with Gasteiger partial charge in [0.15, 0.2) is 0 Å². The Labute approximate surface area is 286 Å². The van der Waals surface area contributed by atoms with Crippen LogP contribution < -0.4 is 0 Å². The fourth-order valence-electron chi connectivity index (χ4n) is 13.1. The van der Waals surface area contributed by atoms with Gasteiger partial charge in [-0.3, -0.25) is 14.4 Å². The predicted molar refractivity (Wildman–Crippen MR) is 187 cm³/mol. The molecule has 5 fully saturated rings. The van der Waals surface area contributed by atoms with Gasteiger partial charge in [0, 0.05) is 24.9 Å². The third-order valence-electron chi connectivity index (χ3n) is 16.3. The average Bonchev–Trinajstić information content (AvgIpc) is 3.33. The van der Waals surface area contributed by atoms with Crippen molar-refractivity contribution >= 4 is 17.8 Å².